The normalized spacial score (nSPS) is 66.0. The lowest BCUT2D eigenvalue weighted by Crippen LogP contribution is -1.75. The van der Waals surface area contributed by atoms with Gasteiger partial charge in [0, 0.05) is 9.65 Å². The highest BCUT2D eigenvalue weighted by atomic mass is 79.9. The van der Waals surface area contributed by atoms with Gasteiger partial charge in [-0.15, -0.1) is 0 Å². The summed E-state index contributed by atoms with van der Waals surface area (Å²) in [5.74, 6) is 0. The van der Waals surface area contributed by atoms with Gasteiger partial charge in [0.05, 0.1) is 0 Å². The average molecular weight is 226 g/mol. The molecule has 0 nitrogen and oxygen atoms in total. The van der Waals surface area contributed by atoms with Gasteiger partial charge in [-0.05, 0) is 18.3 Å². The van der Waals surface area contributed by atoms with Crippen LogP contribution in [-0.4, -0.2) is 9.65 Å². The Bertz CT molecular complexity index is 96.6. The van der Waals surface area contributed by atoms with Gasteiger partial charge in [-0.25, -0.2) is 0 Å². The first-order valence-corrected chi connectivity index (χ1v) is 4.37. The van der Waals surface area contributed by atoms with Crippen LogP contribution < -0.4 is 0 Å². The van der Waals surface area contributed by atoms with E-state index >= 15 is 0 Å². The predicted molar refractivity (Wildman–Crippen MR) is 37.1 cm³/mol. The third kappa shape index (κ3) is 0.476. The van der Waals surface area contributed by atoms with Gasteiger partial charge in [0.2, 0.25) is 0 Å². The maximum Gasteiger partial charge on any atom is 0.0219 e. The fourth-order valence-electron chi connectivity index (χ4n) is 1.08. The van der Waals surface area contributed by atoms with Crippen LogP contribution in [0.25, 0.3) is 0 Å². The lowest BCUT2D eigenvalue weighted by atomic mass is 10.4. The molecule has 2 aliphatic carbocycles. The summed E-state index contributed by atoms with van der Waals surface area (Å²) in [5, 5.41) is 0. The minimum atomic E-state index is 0.750. The number of halogens is 2. The van der Waals surface area contributed by atoms with Crippen molar-refractivity contribution < 1.29 is 0 Å². The Morgan fingerprint density at radius 2 is 1.43 bits per heavy atom. The van der Waals surface area contributed by atoms with Crippen molar-refractivity contribution in [2.45, 2.75) is 22.5 Å². The maximum atomic E-state index is 3.58. The molecule has 0 amide bonds. The molecule has 3 atom stereocenters. The summed E-state index contributed by atoms with van der Waals surface area (Å²) in [6.07, 6.45) is 2.81. The van der Waals surface area contributed by atoms with Crippen molar-refractivity contribution in [3.8, 4) is 0 Å². The molecule has 2 aliphatic rings. The Labute approximate surface area is 59.9 Å². The molecule has 2 saturated carbocycles. The number of hydrogen-bond acceptors (Lipinski definition) is 0. The van der Waals surface area contributed by atoms with Crippen molar-refractivity contribution in [3.05, 3.63) is 0 Å². The highest BCUT2D eigenvalue weighted by Gasteiger charge is 2.68. The molecule has 2 rings (SSSR count). The number of alkyl halides is 2. The van der Waals surface area contributed by atoms with Gasteiger partial charge >= 0.3 is 0 Å². The SMILES string of the molecule is Br[C@@H]1CC12C[C@@H]2Br. The topological polar surface area (TPSA) is 0 Å². The first-order chi connectivity index (χ1) is 3.26. The Balaban J connectivity index is 2.11. The van der Waals surface area contributed by atoms with E-state index in [0.717, 1.165) is 15.1 Å². The monoisotopic (exact) mass is 224 g/mol. The first kappa shape index (κ1) is 4.80. The van der Waals surface area contributed by atoms with Crippen LogP contribution in [0.1, 0.15) is 12.8 Å². The van der Waals surface area contributed by atoms with Gasteiger partial charge < -0.3 is 0 Å². The summed E-state index contributed by atoms with van der Waals surface area (Å²) in [5.41, 5.74) is 0.750. The minimum Gasteiger partial charge on any atom is -0.0884 e. The molecule has 1 spiro atoms. The summed E-state index contributed by atoms with van der Waals surface area (Å²) in [6, 6.07) is 0. The van der Waals surface area contributed by atoms with Crippen LogP contribution in [0.5, 0.6) is 0 Å². The van der Waals surface area contributed by atoms with E-state index in [9.17, 15) is 0 Å². The zero-order valence-corrected chi connectivity index (χ0v) is 7.00. The summed E-state index contributed by atoms with van der Waals surface area (Å²) < 4.78 is 0. The lowest BCUT2D eigenvalue weighted by Gasteiger charge is -1.75. The Morgan fingerprint density at radius 3 is 1.43 bits per heavy atom. The lowest BCUT2D eigenvalue weighted by molar-refractivity contribution is 0.916. The smallest absolute Gasteiger partial charge is 0.0219 e. The van der Waals surface area contributed by atoms with E-state index < -0.39 is 0 Å². The molecule has 0 bridgehead atoms. The molecular formula is C5H6Br2. The van der Waals surface area contributed by atoms with E-state index in [2.05, 4.69) is 31.9 Å². The molecule has 0 aromatic heterocycles. The molecule has 0 aliphatic heterocycles. The second-order valence-corrected chi connectivity index (χ2v) is 4.79. The van der Waals surface area contributed by atoms with Crippen molar-refractivity contribution in [2.24, 2.45) is 5.41 Å². The second-order valence-electron chi connectivity index (χ2n) is 2.58. The van der Waals surface area contributed by atoms with Crippen LogP contribution >= 0.6 is 31.9 Å². The molecule has 0 heterocycles. The van der Waals surface area contributed by atoms with Gasteiger partial charge in [0.1, 0.15) is 0 Å². The quantitative estimate of drug-likeness (QED) is 0.556. The maximum absolute atomic E-state index is 3.58. The van der Waals surface area contributed by atoms with E-state index in [4.69, 9.17) is 0 Å². The standard InChI is InChI=1S/C5H6Br2/c6-3-1-5(3)2-4(5)7/h3-4H,1-2H2/t3-,4+,5?. The van der Waals surface area contributed by atoms with Crippen LogP contribution in [0.15, 0.2) is 0 Å². The van der Waals surface area contributed by atoms with E-state index in [1.54, 1.807) is 0 Å². The van der Waals surface area contributed by atoms with Gasteiger partial charge in [0.25, 0.3) is 0 Å². The molecule has 7 heavy (non-hydrogen) atoms. The van der Waals surface area contributed by atoms with Gasteiger partial charge in [-0.1, -0.05) is 31.9 Å². The third-order valence-electron chi connectivity index (χ3n) is 2.05. The van der Waals surface area contributed by atoms with Crippen LogP contribution in [0, 0.1) is 5.41 Å². The van der Waals surface area contributed by atoms with Crippen molar-refractivity contribution in [1.82, 2.24) is 0 Å². The Hall–Kier alpha value is 0.960. The zero-order valence-electron chi connectivity index (χ0n) is 3.82. The Kier molecular flexibility index (Phi) is 0.758. The highest BCUT2D eigenvalue weighted by molar-refractivity contribution is 9.10. The molecule has 40 valence electrons. The van der Waals surface area contributed by atoms with E-state index in [0.29, 0.717) is 0 Å². The molecule has 0 aromatic rings. The van der Waals surface area contributed by atoms with Crippen molar-refractivity contribution in [1.29, 1.82) is 0 Å². The molecule has 0 aromatic carbocycles. The van der Waals surface area contributed by atoms with Crippen LogP contribution in [-0.2, 0) is 0 Å². The van der Waals surface area contributed by atoms with E-state index in [1.807, 2.05) is 0 Å². The van der Waals surface area contributed by atoms with Crippen LogP contribution in [0.4, 0.5) is 0 Å². The van der Waals surface area contributed by atoms with Gasteiger partial charge in [-0.3, -0.25) is 0 Å². The van der Waals surface area contributed by atoms with Crippen LogP contribution in [0.3, 0.4) is 0 Å². The zero-order chi connectivity index (χ0) is 5.07. The third-order valence-corrected chi connectivity index (χ3v) is 4.52. The molecule has 0 N–H and O–H groups in total. The van der Waals surface area contributed by atoms with Crippen molar-refractivity contribution in [3.63, 3.8) is 0 Å². The Morgan fingerprint density at radius 1 is 1.14 bits per heavy atom. The highest BCUT2D eigenvalue weighted by Crippen LogP contribution is 2.72. The fourth-order valence-corrected chi connectivity index (χ4v) is 3.66. The predicted octanol–water partition coefficient (Wildman–Crippen LogP) is 2.31. The molecular weight excluding hydrogens is 220 g/mol. The largest absolute Gasteiger partial charge is 0.0884 e. The van der Waals surface area contributed by atoms with Crippen LogP contribution in [0.2, 0.25) is 0 Å². The fraction of sp³-hybridized carbons (Fsp3) is 1.00. The summed E-state index contributed by atoms with van der Waals surface area (Å²) in [7, 11) is 0. The molecule has 1 unspecified atom stereocenters. The van der Waals surface area contributed by atoms with Crippen molar-refractivity contribution >= 4 is 31.9 Å². The molecule has 2 fully saturated rings. The first-order valence-electron chi connectivity index (χ1n) is 2.54. The summed E-state index contributed by atoms with van der Waals surface area (Å²) in [6.45, 7) is 0. The minimum absolute atomic E-state index is 0.750. The van der Waals surface area contributed by atoms with E-state index in [1.165, 1.54) is 12.8 Å². The molecule has 0 saturated heterocycles. The summed E-state index contributed by atoms with van der Waals surface area (Å²) >= 11 is 7.15. The van der Waals surface area contributed by atoms with Gasteiger partial charge in [-0.2, -0.15) is 0 Å². The molecule has 2 heteroatoms. The number of rotatable bonds is 0. The van der Waals surface area contributed by atoms with Crippen molar-refractivity contribution in [2.75, 3.05) is 0 Å². The second kappa shape index (κ2) is 1.10. The summed E-state index contributed by atoms with van der Waals surface area (Å²) in [4.78, 5) is 1.70. The molecule has 0 radical (unpaired) electrons. The van der Waals surface area contributed by atoms with E-state index in [-0.39, 0.29) is 0 Å². The number of hydrogen-bond donors (Lipinski definition) is 0. The average Bonchev–Trinajstić information content (AvgIpc) is 2.28. The van der Waals surface area contributed by atoms with Gasteiger partial charge in [0.15, 0.2) is 0 Å².